The van der Waals surface area contributed by atoms with Crippen LogP contribution in [-0.2, 0) is 4.74 Å². The molecule has 2 rings (SSSR count). The van der Waals surface area contributed by atoms with Crippen molar-refractivity contribution in [1.29, 1.82) is 0 Å². The quantitative estimate of drug-likeness (QED) is 0.273. The molecule has 30 heavy (non-hydrogen) atoms. The Labute approximate surface area is 182 Å². The Bertz CT molecular complexity index is 700. The lowest BCUT2D eigenvalue weighted by atomic mass is 9.90. The van der Waals surface area contributed by atoms with Gasteiger partial charge in [0.1, 0.15) is 11.9 Å². The molecule has 1 aromatic rings. The zero-order chi connectivity index (χ0) is 22.0. The zero-order valence-corrected chi connectivity index (χ0v) is 19.2. The summed E-state index contributed by atoms with van der Waals surface area (Å²) in [7, 11) is 0. The molecule has 0 bridgehead atoms. The molecule has 0 aromatic heterocycles. The van der Waals surface area contributed by atoms with Crippen molar-refractivity contribution in [3.8, 4) is 0 Å². The summed E-state index contributed by atoms with van der Waals surface area (Å²) < 4.78 is 19.8. The first-order chi connectivity index (χ1) is 14.4. The van der Waals surface area contributed by atoms with Gasteiger partial charge in [0.2, 0.25) is 0 Å². The first-order valence-electron chi connectivity index (χ1n) is 11.8. The SMILES string of the molecule is CCCCCCCC(O)(/C=C/CC1=NC(C(C)C)C(c2cccc(F)c2)O1)CCC. The van der Waals surface area contributed by atoms with Crippen LogP contribution in [0.5, 0.6) is 0 Å². The number of aliphatic imine (C=N–C) groups is 1. The Morgan fingerprint density at radius 1 is 1.13 bits per heavy atom. The summed E-state index contributed by atoms with van der Waals surface area (Å²) in [6.07, 6.45) is 12.7. The maximum Gasteiger partial charge on any atom is 0.188 e. The van der Waals surface area contributed by atoms with E-state index in [0.29, 0.717) is 18.2 Å². The summed E-state index contributed by atoms with van der Waals surface area (Å²) in [5.41, 5.74) is 0.0745. The van der Waals surface area contributed by atoms with Crippen LogP contribution in [0.25, 0.3) is 0 Å². The largest absolute Gasteiger partial charge is 0.470 e. The maximum absolute atomic E-state index is 13.7. The minimum Gasteiger partial charge on any atom is -0.470 e. The predicted octanol–water partition coefficient (Wildman–Crippen LogP) is 7.16. The third-order valence-electron chi connectivity index (χ3n) is 5.84. The highest BCUT2D eigenvalue weighted by Crippen LogP contribution is 2.34. The topological polar surface area (TPSA) is 41.8 Å². The fraction of sp³-hybridized carbons (Fsp3) is 0.654. The molecule has 0 radical (unpaired) electrons. The Kier molecular flexibility index (Phi) is 10.0. The van der Waals surface area contributed by atoms with Crippen molar-refractivity contribution in [2.24, 2.45) is 10.9 Å². The first kappa shape index (κ1) is 24.6. The Morgan fingerprint density at radius 2 is 1.90 bits per heavy atom. The van der Waals surface area contributed by atoms with Crippen LogP contribution < -0.4 is 0 Å². The van der Waals surface area contributed by atoms with Crippen LogP contribution in [-0.4, -0.2) is 22.6 Å². The molecule has 3 atom stereocenters. The number of nitrogens with zero attached hydrogens (tertiary/aromatic N) is 1. The van der Waals surface area contributed by atoms with Gasteiger partial charge in [-0.05, 0) is 36.5 Å². The summed E-state index contributed by atoms with van der Waals surface area (Å²) >= 11 is 0. The number of benzene rings is 1. The van der Waals surface area contributed by atoms with E-state index in [-0.39, 0.29) is 18.0 Å². The van der Waals surface area contributed by atoms with Crippen molar-refractivity contribution in [1.82, 2.24) is 0 Å². The molecule has 168 valence electrons. The lowest BCUT2D eigenvalue weighted by Gasteiger charge is -2.24. The van der Waals surface area contributed by atoms with Gasteiger partial charge in [0.15, 0.2) is 5.90 Å². The lowest BCUT2D eigenvalue weighted by Crippen LogP contribution is -2.25. The van der Waals surface area contributed by atoms with Crippen molar-refractivity contribution < 1.29 is 14.2 Å². The standard InChI is InChI=1S/C26H40FNO2/c1-5-7-8-9-10-17-26(29,16-6-2)18-12-15-23-28-24(20(3)4)25(30-23)21-13-11-14-22(27)19-21/h11-14,18-20,24-25,29H,5-10,15-17H2,1-4H3/b18-12+. The molecule has 4 heteroatoms. The molecule has 0 saturated heterocycles. The average Bonchev–Trinajstić information content (AvgIpc) is 3.13. The van der Waals surface area contributed by atoms with Gasteiger partial charge in [-0.25, -0.2) is 9.38 Å². The van der Waals surface area contributed by atoms with Crippen molar-refractivity contribution >= 4 is 5.90 Å². The molecule has 1 heterocycles. The van der Waals surface area contributed by atoms with E-state index in [2.05, 4.69) is 27.7 Å². The third-order valence-corrected chi connectivity index (χ3v) is 5.84. The van der Waals surface area contributed by atoms with E-state index in [9.17, 15) is 9.50 Å². The molecule has 3 nitrogen and oxygen atoms in total. The lowest BCUT2D eigenvalue weighted by molar-refractivity contribution is 0.0682. The Hall–Kier alpha value is -1.68. The molecule has 3 unspecified atom stereocenters. The summed E-state index contributed by atoms with van der Waals surface area (Å²) in [5.74, 6) is 0.705. The molecule has 0 spiro atoms. The van der Waals surface area contributed by atoms with Crippen molar-refractivity contribution in [2.75, 3.05) is 0 Å². The normalized spacial score (nSPS) is 21.1. The Morgan fingerprint density at radius 3 is 2.57 bits per heavy atom. The van der Waals surface area contributed by atoms with Gasteiger partial charge in [-0.2, -0.15) is 0 Å². The van der Waals surface area contributed by atoms with Gasteiger partial charge >= 0.3 is 0 Å². The van der Waals surface area contributed by atoms with Crippen molar-refractivity contribution in [3.05, 3.63) is 47.8 Å². The highest BCUT2D eigenvalue weighted by molar-refractivity contribution is 5.79. The van der Waals surface area contributed by atoms with E-state index in [1.807, 2.05) is 18.2 Å². The number of ether oxygens (including phenoxy) is 1. The molecule has 0 amide bonds. The molecule has 0 aliphatic carbocycles. The van der Waals surface area contributed by atoms with Crippen molar-refractivity contribution in [2.45, 2.75) is 103 Å². The van der Waals surface area contributed by atoms with Gasteiger partial charge in [0.05, 0.1) is 11.6 Å². The molecule has 1 aromatic carbocycles. The van der Waals surface area contributed by atoms with Gasteiger partial charge in [-0.15, -0.1) is 0 Å². The fourth-order valence-corrected chi connectivity index (χ4v) is 4.17. The average molecular weight is 418 g/mol. The number of halogens is 1. The molecule has 0 fully saturated rings. The van der Waals surface area contributed by atoms with Gasteiger partial charge in [-0.3, -0.25) is 0 Å². The number of rotatable bonds is 13. The van der Waals surface area contributed by atoms with Gasteiger partial charge in [-0.1, -0.05) is 90.5 Å². The van der Waals surface area contributed by atoms with Crippen molar-refractivity contribution in [3.63, 3.8) is 0 Å². The van der Waals surface area contributed by atoms with E-state index >= 15 is 0 Å². The smallest absolute Gasteiger partial charge is 0.188 e. The molecule has 1 aliphatic rings. The first-order valence-corrected chi connectivity index (χ1v) is 11.8. The van der Waals surface area contributed by atoms with Crippen LogP contribution in [0.3, 0.4) is 0 Å². The van der Waals surface area contributed by atoms with E-state index in [0.717, 1.165) is 31.2 Å². The number of aliphatic hydroxyl groups is 1. The van der Waals surface area contributed by atoms with Gasteiger partial charge in [0.25, 0.3) is 0 Å². The summed E-state index contributed by atoms with van der Waals surface area (Å²) in [5, 5.41) is 11.0. The van der Waals surface area contributed by atoms with E-state index < -0.39 is 5.60 Å². The molecule has 1 aliphatic heterocycles. The summed E-state index contributed by atoms with van der Waals surface area (Å²) in [6, 6.07) is 6.57. The minimum absolute atomic E-state index is 0.0247. The number of unbranched alkanes of at least 4 members (excludes halogenated alkanes) is 4. The summed E-state index contributed by atoms with van der Waals surface area (Å²) in [6.45, 7) is 8.55. The summed E-state index contributed by atoms with van der Waals surface area (Å²) in [4.78, 5) is 4.78. The van der Waals surface area contributed by atoms with Gasteiger partial charge in [0, 0.05) is 6.42 Å². The van der Waals surface area contributed by atoms with Crippen LogP contribution in [0.2, 0.25) is 0 Å². The molecule has 0 saturated carbocycles. The maximum atomic E-state index is 13.7. The van der Waals surface area contributed by atoms with Crippen LogP contribution >= 0.6 is 0 Å². The minimum atomic E-state index is -0.750. The monoisotopic (exact) mass is 417 g/mol. The second-order valence-corrected chi connectivity index (χ2v) is 8.98. The van der Waals surface area contributed by atoms with E-state index in [1.54, 1.807) is 6.07 Å². The van der Waals surface area contributed by atoms with Crippen LogP contribution in [0, 0.1) is 11.7 Å². The molecular formula is C26H40FNO2. The predicted molar refractivity (Wildman–Crippen MR) is 123 cm³/mol. The van der Waals surface area contributed by atoms with E-state index in [1.165, 1.54) is 37.8 Å². The second-order valence-electron chi connectivity index (χ2n) is 8.98. The van der Waals surface area contributed by atoms with Crippen LogP contribution in [0.1, 0.15) is 97.1 Å². The third kappa shape index (κ3) is 7.54. The molecular weight excluding hydrogens is 377 g/mol. The van der Waals surface area contributed by atoms with Gasteiger partial charge < -0.3 is 9.84 Å². The fourth-order valence-electron chi connectivity index (χ4n) is 4.17. The second kappa shape index (κ2) is 12.2. The number of hydrogen-bond donors (Lipinski definition) is 1. The number of hydrogen-bond acceptors (Lipinski definition) is 3. The van der Waals surface area contributed by atoms with Crippen LogP contribution in [0.4, 0.5) is 4.39 Å². The van der Waals surface area contributed by atoms with Crippen LogP contribution in [0.15, 0.2) is 41.4 Å². The highest BCUT2D eigenvalue weighted by atomic mass is 19.1. The highest BCUT2D eigenvalue weighted by Gasteiger charge is 2.34. The molecule has 1 N–H and O–H groups in total. The zero-order valence-electron chi connectivity index (χ0n) is 19.2. The Balaban J connectivity index is 1.98. The van der Waals surface area contributed by atoms with E-state index in [4.69, 9.17) is 9.73 Å².